The molecule has 2 unspecified atom stereocenters. The molecule has 1 saturated heterocycles. The molecule has 12 N–H and O–H groups in total. The lowest BCUT2D eigenvalue weighted by Gasteiger charge is -2.30. The molecule has 68 heavy (non-hydrogen) atoms. The molecule has 1 aliphatic heterocycles. The highest BCUT2D eigenvalue weighted by Crippen LogP contribution is 2.61. The first-order valence-corrected chi connectivity index (χ1v) is 26.0. The van der Waals surface area contributed by atoms with Gasteiger partial charge in [-0.15, -0.1) is 0 Å². The molecule has 0 aromatic carbocycles. The average Bonchev–Trinajstić information content (AvgIpc) is 3.80. The summed E-state index contributed by atoms with van der Waals surface area (Å²) in [6, 6.07) is 0. The topological polar surface area (TPSA) is 451 Å². The first-order chi connectivity index (χ1) is 31.7. The highest BCUT2D eigenvalue weighted by atomic mass is 32.2. The smallest absolute Gasteiger partial charge is 0.480 e. The number of aliphatic carboxylic acids is 1. The second kappa shape index (κ2) is 27.1. The molecular formula is C34H57N8O22P3S. The van der Waals surface area contributed by atoms with Gasteiger partial charge in [0.05, 0.1) is 32.3 Å². The van der Waals surface area contributed by atoms with Crippen LogP contribution in [0.2, 0.25) is 0 Å². The van der Waals surface area contributed by atoms with Crippen molar-refractivity contribution in [1.29, 1.82) is 0 Å². The van der Waals surface area contributed by atoms with Crippen molar-refractivity contribution in [2.45, 2.75) is 102 Å². The van der Waals surface area contributed by atoms with E-state index in [0.29, 0.717) is 30.7 Å². The van der Waals surface area contributed by atoms with Crippen LogP contribution in [0.1, 0.15) is 71.4 Å². The second-order valence-electron chi connectivity index (χ2n) is 15.6. The fourth-order valence-corrected chi connectivity index (χ4v) is 9.66. The number of nitrogens with zero attached hydrogens (tertiary/aromatic N) is 5. The van der Waals surface area contributed by atoms with Gasteiger partial charge in [0.15, 0.2) is 22.8 Å². The molecule has 8 atom stereocenters. The number of thioether (sulfide) groups is 1. The number of hydrogen-bond donors (Lipinski definition) is 11. The molecule has 0 spiro atoms. The van der Waals surface area contributed by atoms with Crippen molar-refractivity contribution in [2.24, 2.45) is 5.41 Å². The van der Waals surface area contributed by atoms with Crippen LogP contribution in [0.4, 0.5) is 5.82 Å². The minimum absolute atomic E-state index is 0.0151. The molecule has 1 fully saturated rings. The van der Waals surface area contributed by atoms with E-state index < -0.39 is 103 Å². The number of ether oxygens (including phenoxy) is 1. The van der Waals surface area contributed by atoms with E-state index in [1.165, 1.54) is 13.8 Å². The van der Waals surface area contributed by atoms with Crippen LogP contribution in [0.15, 0.2) is 12.7 Å². The number of carboxylic acids is 1. The number of aromatic nitrogens is 4. The van der Waals surface area contributed by atoms with Gasteiger partial charge in [0.25, 0.3) is 0 Å². The molecule has 0 saturated carbocycles. The molecule has 34 heteroatoms. The summed E-state index contributed by atoms with van der Waals surface area (Å²) in [5.74, 6) is -2.58. The van der Waals surface area contributed by atoms with Crippen LogP contribution >= 0.6 is 35.2 Å². The summed E-state index contributed by atoms with van der Waals surface area (Å²) in [5.41, 5.74) is 4.19. The van der Waals surface area contributed by atoms with E-state index >= 15 is 0 Å². The molecule has 30 nitrogen and oxygen atoms in total. The molecule has 1 aliphatic rings. The number of nitrogen functional groups attached to an aromatic ring is 1. The Morgan fingerprint density at radius 2 is 1.68 bits per heavy atom. The number of fused-ring (bicyclic) bond motifs is 1. The lowest BCUT2D eigenvalue weighted by atomic mass is 9.87. The number of carbonyl (C=O) groups is 5. The normalized spacial score (nSPS) is 20.2. The summed E-state index contributed by atoms with van der Waals surface area (Å²) in [6.45, 7) is -0.166. The van der Waals surface area contributed by atoms with Gasteiger partial charge in [-0.2, -0.15) is 4.31 Å². The lowest BCUT2D eigenvalue weighted by Crippen LogP contribution is -2.46. The van der Waals surface area contributed by atoms with E-state index in [-0.39, 0.29) is 60.4 Å². The molecule has 3 rings (SSSR count). The molecule has 0 bridgehead atoms. The maximum absolute atomic E-state index is 12.7. The Morgan fingerprint density at radius 3 is 2.35 bits per heavy atom. The van der Waals surface area contributed by atoms with E-state index in [0.717, 1.165) is 48.2 Å². The van der Waals surface area contributed by atoms with Crippen molar-refractivity contribution in [2.75, 3.05) is 50.9 Å². The van der Waals surface area contributed by atoms with E-state index in [2.05, 4.69) is 34.4 Å². The minimum Gasteiger partial charge on any atom is -0.480 e. The molecule has 386 valence electrons. The Hall–Kier alpha value is -3.58. The zero-order valence-electron chi connectivity index (χ0n) is 36.7. The number of phosphoric ester groups is 3. The molecule has 0 radical (unpaired) electrons. The van der Waals surface area contributed by atoms with Gasteiger partial charge in [-0.3, -0.25) is 46.9 Å². The Bertz CT molecular complexity index is 2150. The third kappa shape index (κ3) is 20.4. The quantitative estimate of drug-likeness (QED) is 0.0181. The van der Waals surface area contributed by atoms with E-state index in [4.69, 9.17) is 29.5 Å². The van der Waals surface area contributed by atoms with Crippen LogP contribution < -0.4 is 16.4 Å². The number of imidazole rings is 1. The summed E-state index contributed by atoms with van der Waals surface area (Å²) < 4.78 is 62.3. The number of nitrogens with one attached hydrogen (secondary N) is 2. The molecule has 2 aromatic heterocycles. The second-order valence-corrected chi connectivity index (χ2v) is 21.0. The summed E-state index contributed by atoms with van der Waals surface area (Å²) in [5, 5.41) is 45.7. The van der Waals surface area contributed by atoms with Crippen molar-refractivity contribution in [3.05, 3.63) is 12.7 Å². The van der Waals surface area contributed by atoms with Crippen LogP contribution in [0.3, 0.4) is 0 Å². The Morgan fingerprint density at radius 1 is 1.00 bits per heavy atom. The Labute approximate surface area is 392 Å². The minimum atomic E-state index is -5.61. The number of nitrogens with two attached hydrogens (primary N) is 1. The van der Waals surface area contributed by atoms with E-state index in [9.17, 15) is 72.6 Å². The highest BCUT2D eigenvalue weighted by molar-refractivity contribution is 8.13. The highest BCUT2D eigenvalue weighted by Gasteiger charge is 2.50. The summed E-state index contributed by atoms with van der Waals surface area (Å²) in [7, 11) is -16.5. The van der Waals surface area contributed by atoms with Crippen molar-refractivity contribution in [3.8, 4) is 0 Å². The van der Waals surface area contributed by atoms with Crippen LogP contribution in [-0.4, -0.2) is 170 Å². The van der Waals surface area contributed by atoms with E-state index in [1.54, 1.807) is 0 Å². The number of aliphatic hydroxyl groups is 3. The van der Waals surface area contributed by atoms with Gasteiger partial charge >= 0.3 is 29.4 Å². The first kappa shape index (κ1) is 58.7. The van der Waals surface area contributed by atoms with Crippen molar-refractivity contribution in [3.63, 3.8) is 0 Å². The number of hydroxylamine groups is 2. The number of unbranched alkanes of at least 4 members (excludes halogenated alkanes) is 4. The predicted molar refractivity (Wildman–Crippen MR) is 232 cm³/mol. The maximum Gasteiger partial charge on any atom is 0.481 e. The fourth-order valence-electron chi connectivity index (χ4n) is 6.09. The van der Waals surface area contributed by atoms with Crippen molar-refractivity contribution >= 4 is 81.5 Å². The Kier molecular flexibility index (Phi) is 23.4. The molecule has 3 amide bonds. The molecule has 3 heterocycles. The third-order valence-electron chi connectivity index (χ3n) is 9.51. The van der Waals surface area contributed by atoms with Gasteiger partial charge in [0.1, 0.15) is 42.8 Å². The third-order valence-corrected chi connectivity index (χ3v) is 13.5. The lowest BCUT2D eigenvalue weighted by molar-refractivity contribution is -0.181. The molecular weight excluding hydrogens is 997 g/mol. The summed E-state index contributed by atoms with van der Waals surface area (Å²) in [6.07, 6.45) is -3.75. The number of phosphoric acid groups is 3. The van der Waals surface area contributed by atoms with Crippen LogP contribution in [-0.2, 0) is 65.1 Å². The van der Waals surface area contributed by atoms with Gasteiger partial charge < -0.3 is 61.1 Å². The zero-order valence-corrected chi connectivity index (χ0v) is 40.2. The van der Waals surface area contributed by atoms with Crippen LogP contribution in [0.5, 0.6) is 0 Å². The van der Waals surface area contributed by atoms with Gasteiger partial charge in [-0.1, -0.05) is 51.3 Å². The van der Waals surface area contributed by atoms with E-state index in [1.807, 2.05) is 0 Å². The number of carboxylic acid groups (broad SMARTS) is 1. The Balaban J connectivity index is 1.33. The summed E-state index contributed by atoms with van der Waals surface area (Å²) >= 11 is 0.920. The first-order valence-electron chi connectivity index (χ1n) is 20.5. The van der Waals surface area contributed by atoms with Gasteiger partial charge in [0.2, 0.25) is 18.2 Å². The summed E-state index contributed by atoms with van der Waals surface area (Å²) in [4.78, 5) is 115. The number of carbonyl (C=O) groups excluding carboxylic acids is 4. The monoisotopic (exact) mass is 1050 g/mol. The van der Waals surface area contributed by atoms with Crippen LogP contribution in [0, 0.1) is 5.41 Å². The zero-order chi connectivity index (χ0) is 50.9. The number of hydrogen-bond acceptors (Lipinski definition) is 22. The molecule has 2 aromatic rings. The maximum atomic E-state index is 12.7. The number of amides is 3. The number of aliphatic hydroxyl groups excluding tert-OH is 3. The number of anilines is 1. The number of rotatable bonds is 33. The standard InChI is InChI=1S/C34H57N8O22P3S/c1-34(2,29(50)32(51)37-10-9-23(45)36-11-13-68-25(48)14-21(44)8-6-4-3-5-7-12-59-41(20-43)15-24(46)47)17-61-67(57,58)64-66(55,56)60-16-22-28(63-65(52,53)54)27(49)33(62-22)42-19-40-26-30(35)38-18-39-31(26)42/h18-22,27-29,33,44,49-50H,3-17H2,1-2H3,(H,36,45)(H,37,51)(H,46,47)(H,55,56)(H,57,58)(H2,35,38,39)(H2,52,53,54)/t21-,22-,27-,28-,29+,33-/m1/s1. The fraction of sp³-hybridized carbons (Fsp3) is 0.706. The average molecular weight is 1050 g/mol. The van der Waals surface area contributed by atoms with Gasteiger partial charge in [0, 0.05) is 37.1 Å². The van der Waals surface area contributed by atoms with Crippen molar-refractivity contribution in [1.82, 2.24) is 35.2 Å². The van der Waals surface area contributed by atoms with Crippen molar-refractivity contribution < 1.29 is 105 Å². The SMILES string of the molecule is CC(C)(COP(=O)(O)OP(=O)(O)OC[C@H]1O[C@@H](n2cnc3c(N)ncnc32)[C@H](O)[C@@H]1OP(=O)(O)O)[C@@H](O)C(=O)NCCC(=O)NCCSC(=O)C[C@H](O)CCCCCCCON(C=O)CC(=O)O. The molecule has 0 aliphatic carbocycles. The largest absolute Gasteiger partial charge is 0.481 e. The van der Waals surface area contributed by atoms with Gasteiger partial charge in [-0.25, -0.2) is 33.7 Å². The van der Waals surface area contributed by atoms with Crippen LogP contribution in [0.25, 0.3) is 11.2 Å². The van der Waals surface area contributed by atoms with Gasteiger partial charge in [-0.05, 0) is 12.8 Å². The predicted octanol–water partition coefficient (Wildman–Crippen LogP) is -0.769.